The standard InChI is InChI=1S/C11H16Cl2N4O/c1-11(2,3)17-8(18)4-5-14-9-7(12)6-15-10(13)16-9/h6H,4-5H2,1-3H3,(H,17,18)(H,14,15,16). The molecule has 0 aromatic carbocycles. The van der Waals surface area contributed by atoms with Gasteiger partial charge in [0.2, 0.25) is 11.2 Å². The van der Waals surface area contributed by atoms with Gasteiger partial charge in [0.15, 0.2) is 0 Å². The lowest BCUT2D eigenvalue weighted by atomic mass is 10.1. The number of hydrogen-bond donors (Lipinski definition) is 2. The highest BCUT2D eigenvalue weighted by Gasteiger charge is 2.13. The smallest absolute Gasteiger partial charge is 0.224 e. The molecule has 5 nitrogen and oxygen atoms in total. The summed E-state index contributed by atoms with van der Waals surface area (Å²) in [5, 5.41) is 6.29. The summed E-state index contributed by atoms with van der Waals surface area (Å²) in [6.45, 7) is 6.22. The van der Waals surface area contributed by atoms with E-state index in [1.54, 1.807) is 0 Å². The molecule has 0 saturated carbocycles. The summed E-state index contributed by atoms with van der Waals surface area (Å²) in [5.74, 6) is 0.395. The van der Waals surface area contributed by atoms with Crippen LogP contribution in [0.1, 0.15) is 27.2 Å². The van der Waals surface area contributed by atoms with Crippen molar-refractivity contribution in [1.82, 2.24) is 15.3 Å². The van der Waals surface area contributed by atoms with Crippen molar-refractivity contribution in [3.8, 4) is 0 Å². The van der Waals surface area contributed by atoms with E-state index in [-0.39, 0.29) is 16.7 Å². The van der Waals surface area contributed by atoms with E-state index in [1.807, 2.05) is 20.8 Å². The van der Waals surface area contributed by atoms with E-state index in [1.165, 1.54) is 6.20 Å². The minimum absolute atomic E-state index is 0.0359. The van der Waals surface area contributed by atoms with Gasteiger partial charge in [0.25, 0.3) is 0 Å². The summed E-state index contributed by atoms with van der Waals surface area (Å²) in [7, 11) is 0. The Labute approximate surface area is 116 Å². The van der Waals surface area contributed by atoms with Crippen molar-refractivity contribution in [2.24, 2.45) is 0 Å². The van der Waals surface area contributed by atoms with Crippen LogP contribution in [0.2, 0.25) is 10.3 Å². The molecule has 0 saturated heterocycles. The second kappa shape index (κ2) is 6.20. The lowest BCUT2D eigenvalue weighted by molar-refractivity contribution is -0.122. The van der Waals surface area contributed by atoms with Gasteiger partial charge in [-0.1, -0.05) is 11.6 Å². The molecule has 0 aliphatic rings. The van der Waals surface area contributed by atoms with Gasteiger partial charge in [0.1, 0.15) is 10.8 Å². The first-order valence-corrected chi connectivity index (χ1v) is 6.26. The Bertz CT molecular complexity index is 432. The molecule has 1 aromatic heterocycles. The summed E-state index contributed by atoms with van der Waals surface area (Å²) in [6.07, 6.45) is 1.74. The third-order valence-corrected chi connectivity index (χ3v) is 2.33. The van der Waals surface area contributed by atoms with Crippen molar-refractivity contribution in [2.75, 3.05) is 11.9 Å². The van der Waals surface area contributed by atoms with Gasteiger partial charge in [-0.25, -0.2) is 4.98 Å². The number of rotatable bonds is 4. The number of amides is 1. The zero-order chi connectivity index (χ0) is 13.8. The van der Waals surface area contributed by atoms with E-state index < -0.39 is 0 Å². The van der Waals surface area contributed by atoms with Gasteiger partial charge < -0.3 is 10.6 Å². The third-order valence-electron chi connectivity index (χ3n) is 1.87. The Morgan fingerprint density at radius 2 is 2.06 bits per heavy atom. The maximum Gasteiger partial charge on any atom is 0.224 e. The quantitative estimate of drug-likeness (QED) is 0.836. The molecule has 1 amide bonds. The van der Waals surface area contributed by atoms with Crippen LogP contribution in [0.4, 0.5) is 5.82 Å². The Morgan fingerprint density at radius 1 is 1.39 bits per heavy atom. The van der Waals surface area contributed by atoms with E-state index in [0.717, 1.165) is 0 Å². The highest BCUT2D eigenvalue weighted by atomic mass is 35.5. The average molecular weight is 291 g/mol. The van der Waals surface area contributed by atoms with Crippen LogP contribution < -0.4 is 10.6 Å². The second-order valence-corrected chi connectivity index (χ2v) is 5.56. The summed E-state index contributed by atoms with van der Waals surface area (Å²) in [6, 6.07) is 0. The number of carbonyl (C=O) groups excluding carboxylic acids is 1. The maximum absolute atomic E-state index is 11.6. The van der Waals surface area contributed by atoms with Crippen LogP contribution in [0.15, 0.2) is 6.20 Å². The molecular weight excluding hydrogens is 275 g/mol. The average Bonchev–Trinajstić information content (AvgIpc) is 2.20. The van der Waals surface area contributed by atoms with Crippen LogP contribution in [0.5, 0.6) is 0 Å². The fourth-order valence-corrected chi connectivity index (χ4v) is 1.54. The van der Waals surface area contributed by atoms with Gasteiger partial charge in [0.05, 0.1) is 6.20 Å². The predicted molar refractivity (Wildman–Crippen MR) is 73.1 cm³/mol. The highest BCUT2D eigenvalue weighted by molar-refractivity contribution is 6.33. The van der Waals surface area contributed by atoms with Gasteiger partial charge in [-0.15, -0.1) is 0 Å². The van der Waals surface area contributed by atoms with Gasteiger partial charge in [0, 0.05) is 18.5 Å². The first-order chi connectivity index (χ1) is 8.28. The third kappa shape index (κ3) is 5.51. The van der Waals surface area contributed by atoms with Crippen molar-refractivity contribution in [2.45, 2.75) is 32.7 Å². The molecular formula is C11H16Cl2N4O. The molecule has 0 bridgehead atoms. The topological polar surface area (TPSA) is 66.9 Å². The zero-order valence-electron chi connectivity index (χ0n) is 10.6. The Balaban J connectivity index is 2.42. The van der Waals surface area contributed by atoms with Crippen LogP contribution >= 0.6 is 23.2 Å². The van der Waals surface area contributed by atoms with Crippen LogP contribution in [0.3, 0.4) is 0 Å². The number of anilines is 1. The number of nitrogens with zero attached hydrogens (tertiary/aromatic N) is 2. The van der Waals surface area contributed by atoms with Crippen LogP contribution in [0, 0.1) is 0 Å². The molecule has 1 heterocycles. The van der Waals surface area contributed by atoms with E-state index in [0.29, 0.717) is 23.8 Å². The van der Waals surface area contributed by atoms with E-state index in [9.17, 15) is 4.79 Å². The first-order valence-electron chi connectivity index (χ1n) is 5.51. The zero-order valence-corrected chi connectivity index (χ0v) is 12.1. The summed E-state index contributed by atoms with van der Waals surface area (Å²) in [5.41, 5.74) is -0.229. The minimum atomic E-state index is -0.229. The predicted octanol–water partition coefficient (Wildman–Crippen LogP) is 2.50. The summed E-state index contributed by atoms with van der Waals surface area (Å²) >= 11 is 11.5. The first kappa shape index (κ1) is 15.0. The van der Waals surface area contributed by atoms with Crippen LogP contribution in [-0.2, 0) is 4.79 Å². The van der Waals surface area contributed by atoms with Crippen molar-refractivity contribution in [1.29, 1.82) is 0 Å². The van der Waals surface area contributed by atoms with Gasteiger partial charge >= 0.3 is 0 Å². The highest BCUT2D eigenvalue weighted by Crippen LogP contribution is 2.19. The number of nitrogens with one attached hydrogen (secondary N) is 2. The van der Waals surface area contributed by atoms with E-state index in [4.69, 9.17) is 23.2 Å². The van der Waals surface area contributed by atoms with Crippen molar-refractivity contribution >= 4 is 34.9 Å². The molecule has 1 rings (SSSR count). The molecule has 0 spiro atoms. The maximum atomic E-state index is 11.6. The lowest BCUT2D eigenvalue weighted by Gasteiger charge is -2.20. The molecule has 7 heteroatoms. The van der Waals surface area contributed by atoms with Crippen LogP contribution in [-0.4, -0.2) is 28.0 Å². The molecule has 0 aliphatic heterocycles. The molecule has 0 radical (unpaired) electrons. The largest absolute Gasteiger partial charge is 0.368 e. The van der Waals surface area contributed by atoms with Gasteiger partial charge in [-0.2, -0.15) is 4.98 Å². The van der Waals surface area contributed by atoms with Crippen molar-refractivity contribution < 1.29 is 4.79 Å². The Kier molecular flexibility index (Phi) is 5.16. The Morgan fingerprint density at radius 3 is 2.67 bits per heavy atom. The number of halogens is 2. The molecule has 18 heavy (non-hydrogen) atoms. The number of aromatic nitrogens is 2. The van der Waals surface area contributed by atoms with Crippen molar-refractivity contribution in [3.63, 3.8) is 0 Å². The molecule has 100 valence electrons. The summed E-state index contributed by atoms with van der Waals surface area (Å²) in [4.78, 5) is 19.2. The van der Waals surface area contributed by atoms with E-state index in [2.05, 4.69) is 20.6 Å². The lowest BCUT2D eigenvalue weighted by Crippen LogP contribution is -2.41. The molecule has 0 aliphatic carbocycles. The number of hydrogen-bond acceptors (Lipinski definition) is 4. The van der Waals surface area contributed by atoms with Crippen LogP contribution in [0.25, 0.3) is 0 Å². The normalized spacial score (nSPS) is 11.2. The molecule has 1 aromatic rings. The summed E-state index contributed by atoms with van der Waals surface area (Å²) < 4.78 is 0. The molecule has 0 atom stereocenters. The fourth-order valence-electron chi connectivity index (χ4n) is 1.24. The molecule has 0 fully saturated rings. The number of carbonyl (C=O) groups is 1. The molecule has 0 unspecified atom stereocenters. The monoisotopic (exact) mass is 290 g/mol. The molecule has 2 N–H and O–H groups in total. The second-order valence-electron chi connectivity index (χ2n) is 4.81. The van der Waals surface area contributed by atoms with Gasteiger partial charge in [-0.05, 0) is 32.4 Å². The Hall–Kier alpha value is -1.07. The van der Waals surface area contributed by atoms with E-state index >= 15 is 0 Å². The van der Waals surface area contributed by atoms with Gasteiger partial charge in [-0.3, -0.25) is 4.79 Å². The minimum Gasteiger partial charge on any atom is -0.368 e. The van der Waals surface area contributed by atoms with Crippen molar-refractivity contribution in [3.05, 3.63) is 16.5 Å². The SMILES string of the molecule is CC(C)(C)NC(=O)CCNc1nc(Cl)ncc1Cl. The fraction of sp³-hybridized carbons (Fsp3) is 0.545.